The van der Waals surface area contributed by atoms with Crippen LogP contribution in [0.4, 0.5) is 0 Å². The predicted molar refractivity (Wildman–Crippen MR) is 114 cm³/mol. The standard InChI is InChI=1S/C22H30N4O3/c1-27-20-7-6-18(13-21(20)28-2)15-25-22(23)24-14-17-4-3-5-19(12-17)16-26-8-10-29-11-9-26/h3-7,12-13H,8-11,14-16H2,1-2H3,(H3,23,24,25). The molecular formula is C22H30N4O3. The summed E-state index contributed by atoms with van der Waals surface area (Å²) < 4.78 is 16.0. The molecule has 0 unspecified atom stereocenters. The molecule has 1 fully saturated rings. The van der Waals surface area contributed by atoms with Gasteiger partial charge in [-0.3, -0.25) is 4.90 Å². The SMILES string of the molecule is COc1ccc(CNC(N)=NCc2cccc(CN3CCOCC3)c2)cc1OC. The van der Waals surface area contributed by atoms with Crippen LogP contribution in [0.1, 0.15) is 16.7 Å². The minimum Gasteiger partial charge on any atom is -0.493 e. The Morgan fingerprint density at radius 3 is 2.55 bits per heavy atom. The lowest BCUT2D eigenvalue weighted by Gasteiger charge is -2.26. The summed E-state index contributed by atoms with van der Waals surface area (Å²) in [6.07, 6.45) is 0. The largest absolute Gasteiger partial charge is 0.493 e. The van der Waals surface area contributed by atoms with Crippen molar-refractivity contribution in [3.05, 3.63) is 59.2 Å². The Kier molecular flexibility index (Phi) is 7.72. The van der Waals surface area contributed by atoms with Crippen molar-refractivity contribution >= 4 is 5.96 Å². The average molecular weight is 399 g/mol. The van der Waals surface area contributed by atoms with Crippen molar-refractivity contribution in [2.75, 3.05) is 40.5 Å². The number of nitrogens with two attached hydrogens (primary N) is 1. The molecule has 7 nitrogen and oxygen atoms in total. The number of guanidine groups is 1. The molecule has 7 heteroatoms. The summed E-state index contributed by atoms with van der Waals surface area (Å²) in [6, 6.07) is 14.3. The Bertz CT molecular complexity index is 819. The highest BCUT2D eigenvalue weighted by molar-refractivity contribution is 5.77. The minimum atomic E-state index is 0.415. The van der Waals surface area contributed by atoms with E-state index in [1.54, 1.807) is 14.2 Å². The molecule has 0 bridgehead atoms. The fourth-order valence-corrected chi connectivity index (χ4v) is 3.26. The van der Waals surface area contributed by atoms with E-state index < -0.39 is 0 Å². The van der Waals surface area contributed by atoms with Crippen LogP contribution >= 0.6 is 0 Å². The monoisotopic (exact) mass is 398 g/mol. The molecule has 1 aliphatic heterocycles. The van der Waals surface area contributed by atoms with Gasteiger partial charge in [0.05, 0.1) is 34.0 Å². The highest BCUT2D eigenvalue weighted by Crippen LogP contribution is 2.27. The molecule has 0 atom stereocenters. The van der Waals surface area contributed by atoms with Gasteiger partial charge in [0.2, 0.25) is 0 Å². The van der Waals surface area contributed by atoms with Gasteiger partial charge in [-0.15, -0.1) is 0 Å². The van der Waals surface area contributed by atoms with E-state index in [1.807, 2.05) is 18.2 Å². The molecule has 0 radical (unpaired) electrons. The zero-order chi connectivity index (χ0) is 20.5. The Labute approximate surface area is 172 Å². The first-order chi connectivity index (χ1) is 14.2. The smallest absolute Gasteiger partial charge is 0.189 e. The van der Waals surface area contributed by atoms with Crippen LogP contribution in [-0.2, 0) is 24.4 Å². The van der Waals surface area contributed by atoms with E-state index in [2.05, 4.69) is 39.5 Å². The maximum absolute atomic E-state index is 6.04. The van der Waals surface area contributed by atoms with E-state index in [9.17, 15) is 0 Å². The summed E-state index contributed by atoms with van der Waals surface area (Å²) in [5, 5.41) is 3.15. The summed E-state index contributed by atoms with van der Waals surface area (Å²) in [6.45, 7) is 5.63. The number of nitrogens with one attached hydrogen (secondary N) is 1. The molecular weight excluding hydrogens is 368 g/mol. The maximum atomic E-state index is 6.04. The lowest BCUT2D eigenvalue weighted by molar-refractivity contribution is 0.0342. The molecule has 0 saturated carbocycles. The molecule has 29 heavy (non-hydrogen) atoms. The van der Waals surface area contributed by atoms with E-state index >= 15 is 0 Å². The summed E-state index contributed by atoms with van der Waals surface area (Å²) >= 11 is 0. The highest BCUT2D eigenvalue weighted by atomic mass is 16.5. The van der Waals surface area contributed by atoms with Gasteiger partial charge in [0.1, 0.15) is 0 Å². The topological polar surface area (TPSA) is 81.3 Å². The molecule has 156 valence electrons. The zero-order valence-electron chi connectivity index (χ0n) is 17.2. The van der Waals surface area contributed by atoms with Gasteiger partial charge in [-0.1, -0.05) is 30.3 Å². The van der Waals surface area contributed by atoms with E-state index in [-0.39, 0.29) is 0 Å². The molecule has 2 aromatic rings. The van der Waals surface area contributed by atoms with Crippen molar-refractivity contribution in [2.24, 2.45) is 10.7 Å². The molecule has 1 saturated heterocycles. The van der Waals surface area contributed by atoms with Gasteiger partial charge in [0.25, 0.3) is 0 Å². The summed E-state index contributed by atoms with van der Waals surface area (Å²) in [4.78, 5) is 6.88. The quantitative estimate of drug-likeness (QED) is 0.524. The minimum absolute atomic E-state index is 0.415. The molecule has 1 aliphatic rings. The van der Waals surface area contributed by atoms with Crippen LogP contribution in [-0.4, -0.2) is 51.4 Å². The van der Waals surface area contributed by atoms with E-state index in [1.165, 1.54) is 5.56 Å². The van der Waals surface area contributed by atoms with Gasteiger partial charge in [0.15, 0.2) is 17.5 Å². The van der Waals surface area contributed by atoms with Crippen LogP contribution in [0.2, 0.25) is 0 Å². The highest BCUT2D eigenvalue weighted by Gasteiger charge is 2.10. The fraction of sp³-hybridized carbons (Fsp3) is 0.409. The second kappa shape index (κ2) is 10.7. The first-order valence-electron chi connectivity index (χ1n) is 9.80. The van der Waals surface area contributed by atoms with Gasteiger partial charge >= 0.3 is 0 Å². The van der Waals surface area contributed by atoms with Crippen molar-refractivity contribution in [3.8, 4) is 11.5 Å². The number of ether oxygens (including phenoxy) is 3. The molecule has 1 heterocycles. The number of hydrogen-bond donors (Lipinski definition) is 2. The Morgan fingerprint density at radius 1 is 1.03 bits per heavy atom. The van der Waals surface area contributed by atoms with Crippen molar-refractivity contribution in [1.29, 1.82) is 0 Å². The Hall–Kier alpha value is -2.77. The number of nitrogens with zero attached hydrogens (tertiary/aromatic N) is 2. The predicted octanol–water partition coefficient (Wildman–Crippen LogP) is 2.14. The molecule has 3 rings (SSSR count). The van der Waals surface area contributed by atoms with Gasteiger partial charge < -0.3 is 25.3 Å². The van der Waals surface area contributed by atoms with Crippen LogP contribution in [0.3, 0.4) is 0 Å². The van der Waals surface area contributed by atoms with Crippen molar-refractivity contribution < 1.29 is 14.2 Å². The second-order valence-electron chi connectivity index (χ2n) is 6.95. The Balaban J connectivity index is 1.52. The van der Waals surface area contributed by atoms with Crippen LogP contribution in [0, 0.1) is 0 Å². The van der Waals surface area contributed by atoms with E-state index in [0.29, 0.717) is 30.5 Å². The number of hydrogen-bond acceptors (Lipinski definition) is 5. The van der Waals surface area contributed by atoms with E-state index in [4.69, 9.17) is 19.9 Å². The first kappa shape index (κ1) is 21.0. The summed E-state index contributed by atoms with van der Waals surface area (Å²) in [5.74, 6) is 1.81. The molecule has 0 amide bonds. The molecule has 0 aromatic heterocycles. The summed E-state index contributed by atoms with van der Waals surface area (Å²) in [5.41, 5.74) is 9.51. The normalized spacial score (nSPS) is 15.2. The number of morpholine rings is 1. The lowest BCUT2D eigenvalue weighted by Crippen LogP contribution is -2.35. The van der Waals surface area contributed by atoms with Crippen LogP contribution < -0.4 is 20.5 Å². The van der Waals surface area contributed by atoms with Gasteiger partial charge in [0, 0.05) is 26.2 Å². The lowest BCUT2D eigenvalue weighted by atomic mass is 10.1. The van der Waals surface area contributed by atoms with Crippen molar-refractivity contribution in [3.63, 3.8) is 0 Å². The molecule has 3 N–H and O–H groups in total. The Morgan fingerprint density at radius 2 is 1.79 bits per heavy atom. The van der Waals surface area contributed by atoms with Crippen LogP contribution in [0.5, 0.6) is 11.5 Å². The average Bonchev–Trinajstić information content (AvgIpc) is 2.77. The molecule has 2 aromatic carbocycles. The third-order valence-corrected chi connectivity index (χ3v) is 4.85. The van der Waals surface area contributed by atoms with Crippen LogP contribution in [0.25, 0.3) is 0 Å². The number of aliphatic imine (C=N–C) groups is 1. The van der Waals surface area contributed by atoms with Crippen molar-refractivity contribution in [1.82, 2.24) is 10.2 Å². The van der Waals surface area contributed by atoms with Crippen molar-refractivity contribution in [2.45, 2.75) is 19.6 Å². The van der Waals surface area contributed by atoms with Crippen LogP contribution in [0.15, 0.2) is 47.5 Å². The molecule has 0 spiro atoms. The van der Waals surface area contributed by atoms with Gasteiger partial charge in [-0.25, -0.2) is 4.99 Å². The van der Waals surface area contributed by atoms with E-state index in [0.717, 1.165) is 44.0 Å². The third-order valence-electron chi connectivity index (χ3n) is 4.85. The number of benzene rings is 2. The summed E-state index contributed by atoms with van der Waals surface area (Å²) in [7, 11) is 3.24. The maximum Gasteiger partial charge on any atom is 0.189 e. The third kappa shape index (κ3) is 6.37. The fourth-order valence-electron chi connectivity index (χ4n) is 3.26. The zero-order valence-corrected chi connectivity index (χ0v) is 17.2. The number of rotatable bonds is 8. The first-order valence-corrected chi connectivity index (χ1v) is 9.80. The van der Waals surface area contributed by atoms with Gasteiger partial charge in [-0.05, 0) is 28.8 Å². The molecule has 0 aliphatic carbocycles. The second-order valence-corrected chi connectivity index (χ2v) is 6.95. The number of methoxy groups -OCH3 is 2. The van der Waals surface area contributed by atoms with Gasteiger partial charge in [-0.2, -0.15) is 0 Å².